The molecule has 3 nitrogen and oxygen atoms in total. The molecule has 0 aliphatic heterocycles. The number of carbonyl (C=O) groups is 1. The first kappa shape index (κ1) is 11.4. The van der Waals surface area contributed by atoms with Crippen LogP contribution in [-0.4, -0.2) is 15.6 Å². The fourth-order valence-electron chi connectivity index (χ4n) is 2.20. The first-order valence-corrected chi connectivity index (χ1v) is 5.90. The number of aryl methyl sites for hydroxylation is 1. The van der Waals surface area contributed by atoms with Crippen molar-refractivity contribution in [3.8, 4) is 0 Å². The van der Waals surface area contributed by atoms with Gasteiger partial charge in [0, 0.05) is 24.5 Å². The number of Topliss-reactive ketones (excluding diaryl/α,β-unsaturated/α-hetero) is 1. The summed E-state index contributed by atoms with van der Waals surface area (Å²) in [5.41, 5.74) is 2.33. The predicted octanol–water partition coefficient (Wildman–Crippen LogP) is 2.64. The molecule has 1 saturated carbocycles. The van der Waals surface area contributed by atoms with Gasteiger partial charge in [-0.1, -0.05) is 6.92 Å². The van der Waals surface area contributed by atoms with Crippen molar-refractivity contribution in [3.63, 3.8) is 0 Å². The van der Waals surface area contributed by atoms with Crippen LogP contribution in [0.5, 0.6) is 0 Å². The van der Waals surface area contributed by atoms with Crippen molar-refractivity contribution in [2.45, 2.75) is 52.5 Å². The second kappa shape index (κ2) is 3.44. The zero-order valence-electron chi connectivity index (χ0n) is 10.7. The summed E-state index contributed by atoms with van der Waals surface area (Å²) in [5, 5.41) is 4.55. The van der Waals surface area contributed by atoms with E-state index in [9.17, 15) is 4.79 Å². The van der Waals surface area contributed by atoms with Crippen molar-refractivity contribution >= 4 is 5.78 Å². The lowest BCUT2D eigenvalue weighted by atomic mass is 9.70. The fourth-order valence-corrected chi connectivity index (χ4v) is 2.20. The Morgan fingerprint density at radius 3 is 2.44 bits per heavy atom. The van der Waals surface area contributed by atoms with Crippen LogP contribution in [0.4, 0.5) is 0 Å². The third kappa shape index (κ3) is 1.68. The maximum absolute atomic E-state index is 11.3. The van der Waals surface area contributed by atoms with Crippen LogP contribution >= 0.6 is 0 Å². The minimum atomic E-state index is 0.0139. The third-order valence-electron chi connectivity index (χ3n) is 3.56. The normalized spacial score (nSPS) is 25.7. The van der Waals surface area contributed by atoms with Crippen molar-refractivity contribution < 1.29 is 4.79 Å². The molecule has 1 aliphatic rings. The van der Waals surface area contributed by atoms with Gasteiger partial charge in [0.05, 0.1) is 11.2 Å². The standard InChI is InChI=1S/C13H20N2O/c1-8-10(6-12(8)16)11-7-15(13(3,4)5)14-9(11)2/h7-8,10H,6H2,1-5H3. The SMILES string of the molecule is Cc1nn(C(C)(C)C)cc1C1CC(=O)C1C. The van der Waals surface area contributed by atoms with E-state index >= 15 is 0 Å². The van der Waals surface area contributed by atoms with Gasteiger partial charge in [0.1, 0.15) is 5.78 Å². The second-order valence-corrected chi connectivity index (χ2v) is 5.85. The molecule has 2 atom stereocenters. The topological polar surface area (TPSA) is 34.9 Å². The van der Waals surface area contributed by atoms with Gasteiger partial charge in [0.25, 0.3) is 0 Å². The Labute approximate surface area is 96.8 Å². The summed E-state index contributed by atoms with van der Waals surface area (Å²) in [6.07, 6.45) is 2.81. The smallest absolute Gasteiger partial charge is 0.136 e. The lowest BCUT2D eigenvalue weighted by molar-refractivity contribution is -0.130. The van der Waals surface area contributed by atoms with Gasteiger partial charge in [-0.2, -0.15) is 5.10 Å². The maximum Gasteiger partial charge on any atom is 0.136 e. The first-order chi connectivity index (χ1) is 7.30. The lowest BCUT2D eigenvalue weighted by Gasteiger charge is -2.32. The van der Waals surface area contributed by atoms with Crippen molar-refractivity contribution in [1.82, 2.24) is 9.78 Å². The highest BCUT2D eigenvalue weighted by atomic mass is 16.1. The maximum atomic E-state index is 11.3. The molecule has 0 saturated heterocycles. The zero-order chi connectivity index (χ0) is 12.1. The molecule has 1 aromatic rings. The average Bonchev–Trinajstić information content (AvgIpc) is 2.55. The summed E-state index contributed by atoms with van der Waals surface area (Å²) in [7, 11) is 0. The largest absolute Gasteiger partial charge is 0.299 e. The van der Waals surface area contributed by atoms with Gasteiger partial charge in [0.2, 0.25) is 0 Å². The molecule has 16 heavy (non-hydrogen) atoms. The van der Waals surface area contributed by atoms with E-state index in [4.69, 9.17) is 0 Å². The summed E-state index contributed by atoms with van der Waals surface area (Å²) in [5.74, 6) is 0.952. The molecule has 0 N–H and O–H groups in total. The van der Waals surface area contributed by atoms with Crippen LogP contribution in [0, 0.1) is 12.8 Å². The highest BCUT2D eigenvalue weighted by Crippen LogP contribution is 2.40. The van der Waals surface area contributed by atoms with Crippen LogP contribution in [-0.2, 0) is 10.3 Å². The van der Waals surface area contributed by atoms with Gasteiger partial charge < -0.3 is 0 Å². The minimum absolute atomic E-state index is 0.0139. The Bertz CT molecular complexity index is 426. The molecule has 1 aromatic heterocycles. The number of aromatic nitrogens is 2. The van der Waals surface area contributed by atoms with E-state index in [0.717, 1.165) is 5.69 Å². The molecule has 0 spiro atoms. The van der Waals surface area contributed by atoms with Gasteiger partial charge in [-0.05, 0) is 33.3 Å². The van der Waals surface area contributed by atoms with Gasteiger partial charge in [0.15, 0.2) is 0 Å². The molecule has 0 amide bonds. The minimum Gasteiger partial charge on any atom is -0.299 e. The molecule has 3 heteroatoms. The van der Waals surface area contributed by atoms with Crippen LogP contribution in [0.1, 0.15) is 51.3 Å². The number of hydrogen-bond donors (Lipinski definition) is 0. The van der Waals surface area contributed by atoms with E-state index in [2.05, 4.69) is 32.1 Å². The molecule has 88 valence electrons. The summed E-state index contributed by atoms with van der Waals surface area (Å²) in [6, 6.07) is 0. The molecular weight excluding hydrogens is 200 g/mol. The second-order valence-electron chi connectivity index (χ2n) is 5.85. The quantitative estimate of drug-likeness (QED) is 0.729. The Morgan fingerprint density at radius 1 is 1.44 bits per heavy atom. The van der Waals surface area contributed by atoms with Gasteiger partial charge >= 0.3 is 0 Å². The lowest BCUT2D eigenvalue weighted by Crippen LogP contribution is -2.33. The van der Waals surface area contributed by atoms with Crippen LogP contribution in [0.15, 0.2) is 6.20 Å². The van der Waals surface area contributed by atoms with E-state index in [0.29, 0.717) is 18.1 Å². The molecule has 0 radical (unpaired) electrons. The molecule has 1 heterocycles. The molecule has 1 aliphatic carbocycles. The molecular formula is C13H20N2O. The van der Waals surface area contributed by atoms with Crippen LogP contribution < -0.4 is 0 Å². The van der Waals surface area contributed by atoms with E-state index in [1.807, 2.05) is 18.5 Å². The van der Waals surface area contributed by atoms with Crippen LogP contribution in [0.3, 0.4) is 0 Å². The highest BCUT2D eigenvalue weighted by Gasteiger charge is 2.38. The number of rotatable bonds is 1. The van der Waals surface area contributed by atoms with Crippen molar-refractivity contribution in [3.05, 3.63) is 17.5 Å². The Hall–Kier alpha value is -1.12. The number of hydrogen-bond acceptors (Lipinski definition) is 2. The molecule has 0 bridgehead atoms. The fraction of sp³-hybridized carbons (Fsp3) is 0.692. The van der Waals surface area contributed by atoms with E-state index in [1.165, 1.54) is 5.56 Å². The average molecular weight is 220 g/mol. The molecule has 2 unspecified atom stereocenters. The molecule has 2 rings (SSSR count). The van der Waals surface area contributed by atoms with Crippen LogP contribution in [0.25, 0.3) is 0 Å². The van der Waals surface area contributed by atoms with Gasteiger partial charge in [-0.15, -0.1) is 0 Å². The summed E-state index contributed by atoms with van der Waals surface area (Å²) >= 11 is 0. The number of nitrogens with zero attached hydrogens (tertiary/aromatic N) is 2. The highest BCUT2D eigenvalue weighted by molar-refractivity contribution is 5.89. The third-order valence-corrected chi connectivity index (χ3v) is 3.56. The Morgan fingerprint density at radius 2 is 2.06 bits per heavy atom. The number of ketones is 1. The summed E-state index contributed by atoms with van der Waals surface area (Å²) < 4.78 is 2.01. The van der Waals surface area contributed by atoms with E-state index < -0.39 is 0 Å². The molecule has 0 aromatic carbocycles. The van der Waals surface area contributed by atoms with Gasteiger partial charge in [-0.25, -0.2) is 0 Å². The summed E-state index contributed by atoms with van der Waals surface area (Å²) in [4.78, 5) is 11.3. The summed E-state index contributed by atoms with van der Waals surface area (Å²) in [6.45, 7) is 10.5. The van der Waals surface area contributed by atoms with Crippen LogP contribution in [0.2, 0.25) is 0 Å². The Kier molecular flexibility index (Phi) is 2.44. The Balaban J connectivity index is 2.30. The van der Waals surface area contributed by atoms with Crippen molar-refractivity contribution in [2.75, 3.05) is 0 Å². The van der Waals surface area contributed by atoms with Gasteiger partial charge in [-0.3, -0.25) is 9.48 Å². The first-order valence-electron chi connectivity index (χ1n) is 5.90. The molecule has 1 fully saturated rings. The van der Waals surface area contributed by atoms with E-state index in [1.54, 1.807) is 0 Å². The predicted molar refractivity (Wildman–Crippen MR) is 63.5 cm³/mol. The van der Waals surface area contributed by atoms with E-state index in [-0.39, 0.29) is 11.5 Å². The zero-order valence-corrected chi connectivity index (χ0v) is 10.7. The van der Waals surface area contributed by atoms with Crippen molar-refractivity contribution in [1.29, 1.82) is 0 Å². The number of carbonyl (C=O) groups excluding carboxylic acids is 1. The monoisotopic (exact) mass is 220 g/mol. The van der Waals surface area contributed by atoms with Crippen molar-refractivity contribution in [2.24, 2.45) is 5.92 Å².